The average Bonchev–Trinajstić information content (AvgIpc) is 2.64. The van der Waals surface area contributed by atoms with E-state index in [4.69, 9.17) is 23.2 Å². The summed E-state index contributed by atoms with van der Waals surface area (Å²) in [6.07, 6.45) is 0. The molecule has 1 aliphatic heterocycles. The smallest absolute Gasteiger partial charge is 0.0835 e. The van der Waals surface area contributed by atoms with Crippen LogP contribution in [0.25, 0.3) is 10.9 Å². The third kappa shape index (κ3) is 1.93. The molecule has 92 valence electrons. The van der Waals surface area contributed by atoms with Gasteiger partial charge in [-0.3, -0.25) is 0 Å². The highest BCUT2D eigenvalue weighted by Gasteiger charge is 2.20. The maximum atomic E-state index is 6.30. The van der Waals surface area contributed by atoms with E-state index in [0.717, 1.165) is 18.6 Å². The molecule has 0 amide bonds. The number of hydrogen-bond acceptors (Lipinski definition) is 1. The van der Waals surface area contributed by atoms with E-state index in [1.165, 1.54) is 11.1 Å². The van der Waals surface area contributed by atoms with E-state index in [0.29, 0.717) is 16.1 Å². The van der Waals surface area contributed by atoms with Gasteiger partial charge in [-0.05, 0) is 19.1 Å². The summed E-state index contributed by atoms with van der Waals surface area (Å²) in [6, 6.07) is 6.48. The lowest BCUT2D eigenvalue weighted by atomic mass is 10.2. The van der Waals surface area contributed by atoms with Crippen molar-refractivity contribution < 1.29 is 0 Å². The van der Waals surface area contributed by atoms with Gasteiger partial charge in [0.25, 0.3) is 0 Å². The zero-order valence-electron chi connectivity index (χ0n) is 9.34. The molecular formula is C12H13Cl3N2. The van der Waals surface area contributed by atoms with Gasteiger partial charge in [-0.2, -0.15) is 0 Å². The number of hydrogen-bond donors (Lipinski definition) is 1. The van der Waals surface area contributed by atoms with Gasteiger partial charge in [0.05, 0.1) is 15.6 Å². The first kappa shape index (κ1) is 13.0. The van der Waals surface area contributed by atoms with Gasteiger partial charge in [0.2, 0.25) is 0 Å². The molecule has 3 rings (SSSR count). The molecule has 5 heteroatoms. The summed E-state index contributed by atoms with van der Waals surface area (Å²) in [5, 5.41) is 5.85. The first-order valence-electron chi connectivity index (χ1n) is 5.37. The zero-order valence-corrected chi connectivity index (χ0v) is 11.7. The second-order valence-electron chi connectivity index (χ2n) is 4.28. The molecular weight excluding hydrogens is 279 g/mol. The number of nitrogens with one attached hydrogen (secondary N) is 1. The molecule has 2 heterocycles. The SMILES string of the molecule is CC1CNCc2cc3ccc(Cl)c(Cl)c3n21.Cl. The van der Waals surface area contributed by atoms with Gasteiger partial charge in [0, 0.05) is 30.2 Å². The van der Waals surface area contributed by atoms with Crippen molar-refractivity contribution in [2.75, 3.05) is 6.54 Å². The summed E-state index contributed by atoms with van der Waals surface area (Å²) in [5.41, 5.74) is 2.34. The molecule has 1 aliphatic rings. The van der Waals surface area contributed by atoms with E-state index in [9.17, 15) is 0 Å². The van der Waals surface area contributed by atoms with E-state index in [1.807, 2.05) is 12.1 Å². The highest BCUT2D eigenvalue weighted by Crippen LogP contribution is 2.35. The van der Waals surface area contributed by atoms with Gasteiger partial charge in [0.15, 0.2) is 0 Å². The van der Waals surface area contributed by atoms with Crippen molar-refractivity contribution >= 4 is 46.5 Å². The highest BCUT2D eigenvalue weighted by molar-refractivity contribution is 6.45. The molecule has 1 aromatic heterocycles. The quantitative estimate of drug-likeness (QED) is 0.775. The van der Waals surface area contributed by atoms with E-state index < -0.39 is 0 Å². The predicted molar refractivity (Wildman–Crippen MR) is 75.6 cm³/mol. The normalized spacial score (nSPS) is 18.9. The van der Waals surface area contributed by atoms with Crippen molar-refractivity contribution in [3.63, 3.8) is 0 Å². The van der Waals surface area contributed by atoms with Crippen LogP contribution in [-0.4, -0.2) is 11.1 Å². The van der Waals surface area contributed by atoms with Crippen molar-refractivity contribution in [3.05, 3.63) is 33.9 Å². The van der Waals surface area contributed by atoms with Crippen LogP contribution in [0.3, 0.4) is 0 Å². The lowest BCUT2D eigenvalue weighted by Crippen LogP contribution is -2.30. The Morgan fingerprint density at radius 1 is 1.35 bits per heavy atom. The minimum Gasteiger partial charge on any atom is -0.338 e. The van der Waals surface area contributed by atoms with Crippen molar-refractivity contribution in [2.24, 2.45) is 0 Å². The van der Waals surface area contributed by atoms with Crippen molar-refractivity contribution in [3.8, 4) is 0 Å². The summed E-state index contributed by atoms with van der Waals surface area (Å²) in [4.78, 5) is 0. The van der Waals surface area contributed by atoms with Crippen LogP contribution in [-0.2, 0) is 6.54 Å². The number of nitrogens with zero attached hydrogens (tertiary/aromatic N) is 1. The fraction of sp³-hybridized carbons (Fsp3) is 0.333. The molecule has 0 fully saturated rings. The summed E-state index contributed by atoms with van der Waals surface area (Å²) < 4.78 is 2.29. The van der Waals surface area contributed by atoms with E-state index in [2.05, 4.69) is 22.9 Å². The fourth-order valence-electron chi connectivity index (χ4n) is 2.45. The topological polar surface area (TPSA) is 17.0 Å². The number of benzene rings is 1. The zero-order chi connectivity index (χ0) is 11.3. The van der Waals surface area contributed by atoms with Gasteiger partial charge in [0.1, 0.15) is 0 Å². The van der Waals surface area contributed by atoms with Crippen molar-refractivity contribution in [1.29, 1.82) is 0 Å². The van der Waals surface area contributed by atoms with Gasteiger partial charge >= 0.3 is 0 Å². The molecule has 2 aromatic rings. The monoisotopic (exact) mass is 290 g/mol. The molecule has 0 aliphatic carbocycles. The fourth-order valence-corrected chi connectivity index (χ4v) is 2.86. The van der Waals surface area contributed by atoms with Gasteiger partial charge in [-0.25, -0.2) is 0 Å². The first-order valence-corrected chi connectivity index (χ1v) is 6.12. The average molecular weight is 292 g/mol. The molecule has 1 unspecified atom stereocenters. The molecule has 0 saturated carbocycles. The largest absolute Gasteiger partial charge is 0.338 e. The van der Waals surface area contributed by atoms with E-state index in [1.54, 1.807) is 0 Å². The summed E-state index contributed by atoms with van der Waals surface area (Å²) >= 11 is 12.4. The lowest BCUT2D eigenvalue weighted by molar-refractivity contribution is 0.439. The third-order valence-corrected chi connectivity index (χ3v) is 3.95. The Labute approximate surface area is 116 Å². The van der Waals surface area contributed by atoms with Crippen LogP contribution < -0.4 is 5.32 Å². The Balaban J connectivity index is 0.00000108. The number of fused-ring (bicyclic) bond motifs is 3. The molecule has 0 spiro atoms. The van der Waals surface area contributed by atoms with Crippen molar-refractivity contribution in [2.45, 2.75) is 19.5 Å². The Bertz CT molecular complexity index is 562. The highest BCUT2D eigenvalue weighted by atomic mass is 35.5. The summed E-state index contributed by atoms with van der Waals surface area (Å²) in [6.45, 7) is 4.05. The van der Waals surface area contributed by atoms with Crippen molar-refractivity contribution in [1.82, 2.24) is 9.88 Å². The van der Waals surface area contributed by atoms with Gasteiger partial charge in [-0.1, -0.05) is 29.3 Å². The maximum Gasteiger partial charge on any atom is 0.0835 e. The minimum absolute atomic E-state index is 0. The molecule has 0 bridgehead atoms. The van der Waals surface area contributed by atoms with Crippen LogP contribution >= 0.6 is 35.6 Å². The molecule has 0 saturated heterocycles. The minimum atomic E-state index is 0. The number of rotatable bonds is 0. The van der Waals surface area contributed by atoms with E-state index >= 15 is 0 Å². The lowest BCUT2D eigenvalue weighted by Gasteiger charge is -2.25. The van der Waals surface area contributed by atoms with Gasteiger partial charge in [-0.15, -0.1) is 12.4 Å². The third-order valence-electron chi connectivity index (χ3n) is 3.16. The maximum absolute atomic E-state index is 6.30. The first-order chi connectivity index (χ1) is 7.68. The Morgan fingerprint density at radius 2 is 2.12 bits per heavy atom. The van der Waals surface area contributed by atoms with Crippen LogP contribution in [0.15, 0.2) is 18.2 Å². The van der Waals surface area contributed by atoms with Crippen LogP contribution in [0.4, 0.5) is 0 Å². The number of halogens is 3. The van der Waals surface area contributed by atoms with Gasteiger partial charge < -0.3 is 9.88 Å². The van der Waals surface area contributed by atoms with Crippen LogP contribution in [0.1, 0.15) is 18.7 Å². The second-order valence-corrected chi connectivity index (χ2v) is 5.07. The molecule has 0 radical (unpaired) electrons. The number of aromatic nitrogens is 1. The Morgan fingerprint density at radius 3 is 2.88 bits per heavy atom. The molecule has 2 nitrogen and oxygen atoms in total. The van der Waals surface area contributed by atoms with Crippen LogP contribution in [0.2, 0.25) is 10.0 Å². The second kappa shape index (κ2) is 4.69. The Kier molecular flexibility index (Phi) is 3.60. The standard InChI is InChI=1S/C12H12Cl2N2.ClH/c1-7-5-15-6-9-4-8-2-3-10(13)11(14)12(8)16(7)9;/h2-4,7,15H,5-6H2,1H3;1H. The predicted octanol–water partition coefficient (Wildman–Crippen LogP) is 4.03. The molecule has 1 atom stereocenters. The summed E-state index contributed by atoms with van der Waals surface area (Å²) in [5.74, 6) is 0. The molecule has 17 heavy (non-hydrogen) atoms. The van der Waals surface area contributed by atoms with E-state index in [-0.39, 0.29) is 12.4 Å². The van der Waals surface area contributed by atoms with Crippen LogP contribution in [0, 0.1) is 0 Å². The molecule has 1 N–H and O–H groups in total. The molecule has 1 aromatic carbocycles. The van der Waals surface area contributed by atoms with Crippen LogP contribution in [0.5, 0.6) is 0 Å². The summed E-state index contributed by atoms with van der Waals surface area (Å²) in [7, 11) is 0. The Hall–Kier alpha value is -0.410.